The molecule has 0 saturated heterocycles. The lowest BCUT2D eigenvalue weighted by atomic mass is 10.1. The van der Waals surface area contributed by atoms with Gasteiger partial charge in [0.15, 0.2) is 11.9 Å². The van der Waals surface area contributed by atoms with Crippen LogP contribution in [0.5, 0.6) is 5.75 Å². The second kappa shape index (κ2) is 10.8. The molecule has 0 amide bonds. The van der Waals surface area contributed by atoms with Crippen LogP contribution in [-0.4, -0.2) is 33.1 Å². The number of para-hydroxylation sites is 1. The molecule has 0 aliphatic rings. The molecule has 12 heteroatoms. The zero-order valence-corrected chi connectivity index (χ0v) is 23.1. The van der Waals surface area contributed by atoms with Crippen molar-refractivity contribution in [2.24, 2.45) is 5.10 Å². The number of aromatic nitrogens is 2. The number of halogens is 5. The zero-order chi connectivity index (χ0) is 26.9. The van der Waals surface area contributed by atoms with Crippen molar-refractivity contribution in [2.45, 2.75) is 19.2 Å². The average molecular weight is 733 g/mol. The van der Waals surface area contributed by atoms with Gasteiger partial charge in [0, 0.05) is 5.56 Å². The second-order valence-corrected chi connectivity index (χ2v) is 10.1. The quantitative estimate of drug-likeness (QED) is 0.193. The number of rotatable bonds is 6. The van der Waals surface area contributed by atoms with E-state index in [1.54, 1.807) is 36.4 Å². The molecule has 0 unspecified atom stereocenters. The van der Waals surface area contributed by atoms with E-state index in [9.17, 15) is 22.8 Å². The Morgan fingerprint density at radius 2 is 1.78 bits per heavy atom. The van der Waals surface area contributed by atoms with E-state index in [4.69, 9.17) is 9.84 Å². The largest absolute Gasteiger partial charge is 0.479 e. The summed E-state index contributed by atoms with van der Waals surface area (Å²) in [6.07, 6.45) is -4.25. The number of nitrogens with zero attached hydrogens (tertiary/aromatic N) is 3. The van der Waals surface area contributed by atoms with Crippen LogP contribution >= 0.6 is 45.2 Å². The highest BCUT2D eigenvalue weighted by atomic mass is 127. The summed E-state index contributed by atoms with van der Waals surface area (Å²) in [5.74, 6) is -0.768. The smallest absolute Gasteiger partial charge is 0.416 e. The van der Waals surface area contributed by atoms with Gasteiger partial charge in [-0.05, 0) is 94.1 Å². The summed E-state index contributed by atoms with van der Waals surface area (Å²) in [5, 5.41) is 13.7. The molecule has 4 rings (SSSR count). The van der Waals surface area contributed by atoms with Gasteiger partial charge in [0.25, 0.3) is 5.56 Å². The van der Waals surface area contributed by atoms with Crippen LogP contribution < -0.4 is 10.3 Å². The summed E-state index contributed by atoms with van der Waals surface area (Å²) in [5.41, 5.74) is -0.471. The minimum absolute atomic E-state index is 0.0503. The van der Waals surface area contributed by atoms with Gasteiger partial charge in [-0.2, -0.15) is 22.9 Å². The number of hydrogen-bond acceptors (Lipinski definition) is 5. The van der Waals surface area contributed by atoms with E-state index < -0.39 is 29.4 Å². The Balaban J connectivity index is 1.83. The molecule has 1 N–H and O–H groups in total. The number of aliphatic carboxylic acids is 1. The van der Waals surface area contributed by atoms with Crippen molar-refractivity contribution in [2.75, 3.05) is 0 Å². The first kappa shape index (κ1) is 27.0. The molecule has 190 valence electrons. The second-order valence-electron chi connectivity index (χ2n) is 7.80. The standard InChI is InChI=1S/C25H16F3I2N3O4/c1-13(24(35)36)37-21-18(29)9-14(10-19(21)30)12-31-33-22(15-5-4-6-16(11-15)25(26,27)28)32-20-8-3-2-7-17(20)23(33)34/h2-13H,1H3,(H,35,36)/t13-/m1/s1. The zero-order valence-electron chi connectivity index (χ0n) is 18.8. The average Bonchev–Trinajstić information content (AvgIpc) is 2.85. The predicted octanol–water partition coefficient (Wildman–Crippen LogP) is 6.03. The molecule has 1 heterocycles. The summed E-state index contributed by atoms with van der Waals surface area (Å²) >= 11 is 3.99. The maximum Gasteiger partial charge on any atom is 0.416 e. The van der Waals surface area contributed by atoms with Gasteiger partial charge < -0.3 is 9.84 Å². The summed E-state index contributed by atoms with van der Waals surface area (Å²) in [6.45, 7) is 1.41. The highest BCUT2D eigenvalue weighted by Crippen LogP contribution is 2.32. The van der Waals surface area contributed by atoms with E-state index in [0.717, 1.165) is 16.8 Å². The van der Waals surface area contributed by atoms with Gasteiger partial charge in [-0.3, -0.25) is 4.79 Å². The molecule has 0 aliphatic carbocycles. The van der Waals surface area contributed by atoms with E-state index >= 15 is 0 Å². The third kappa shape index (κ3) is 5.95. The Morgan fingerprint density at radius 1 is 1.11 bits per heavy atom. The third-order valence-corrected chi connectivity index (χ3v) is 6.79. The molecule has 4 aromatic rings. The fourth-order valence-electron chi connectivity index (χ4n) is 3.37. The van der Waals surface area contributed by atoms with E-state index in [0.29, 0.717) is 24.0 Å². The molecule has 0 aliphatic heterocycles. The maximum atomic E-state index is 13.4. The highest BCUT2D eigenvalue weighted by molar-refractivity contribution is 14.1. The Bertz CT molecular complexity index is 1580. The summed E-state index contributed by atoms with van der Waals surface area (Å²) < 4.78 is 47.8. The molecule has 0 fully saturated rings. The first-order valence-electron chi connectivity index (χ1n) is 10.6. The molecule has 7 nitrogen and oxygen atoms in total. The highest BCUT2D eigenvalue weighted by Gasteiger charge is 2.31. The van der Waals surface area contributed by atoms with Crippen molar-refractivity contribution in [3.8, 4) is 17.1 Å². The first-order chi connectivity index (χ1) is 17.5. The summed E-state index contributed by atoms with van der Waals surface area (Å²) in [7, 11) is 0. The van der Waals surface area contributed by atoms with Crippen LogP contribution in [0.1, 0.15) is 18.1 Å². The number of carboxylic acid groups (broad SMARTS) is 1. The van der Waals surface area contributed by atoms with Gasteiger partial charge in [-0.1, -0.05) is 24.3 Å². The maximum absolute atomic E-state index is 13.4. The van der Waals surface area contributed by atoms with Gasteiger partial charge >= 0.3 is 12.1 Å². The Hall–Kier alpha value is -3.01. The first-order valence-corrected chi connectivity index (χ1v) is 12.7. The molecular weight excluding hydrogens is 717 g/mol. The number of benzene rings is 3. The van der Waals surface area contributed by atoms with E-state index in [1.807, 2.05) is 45.2 Å². The Labute approximate surface area is 235 Å². The predicted molar refractivity (Wildman–Crippen MR) is 149 cm³/mol. The molecular formula is C25H16F3I2N3O4. The van der Waals surface area contributed by atoms with Gasteiger partial charge in [0.2, 0.25) is 0 Å². The number of carbonyl (C=O) groups is 1. The molecule has 1 aromatic heterocycles. The lowest BCUT2D eigenvalue weighted by molar-refractivity contribution is -0.144. The summed E-state index contributed by atoms with van der Waals surface area (Å²) in [6, 6.07) is 14.4. The molecule has 0 spiro atoms. The van der Waals surface area contributed by atoms with Crippen molar-refractivity contribution in [1.29, 1.82) is 0 Å². The molecule has 37 heavy (non-hydrogen) atoms. The monoisotopic (exact) mass is 733 g/mol. The molecule has 0 saturated carbocycles. The number of ether oxygens (including phenoxy) is 1. The van der Waals surface area contributed by atoms with Gasteiger partial charge in [-0.25, -0.2) is 9.78 Å². The number of fused-ring (bicyclic) bond motifs is 1. The van der Waals surface area contributed by atoms with Crippen molar-refractivity contribution in [3.63, 3.8) is 0 Å². The molecule has 3 aromatic carbocycles. The minimum Gasteiger partial charge on any atom is -0.479 e. The molecule has 1 atom stereocenters. The van der Waals surface area contributed by atoms with Gasteiger partial charge in [0.05, 0.1) is 29.8 Å². The fraction of sp³-hybridized carbons (Fsp3) is 0.120. The van der Waals surface area contributed by atoms with Crippen LogP contribution in [0.4, 0.5) is 13.2 Å². The number of carboxylic acids is 1. The SMILES string of the molecule is C[C@@H](Oc1c(I)cc(C=Nn2c(-c3cccc(C(F)(F)F)c3)nc3ccccc3c2=O)cc1I)C(=O)O. The number of hydrogen-bond donors (Lipinski definition) is 1. The lowest BCUT2D eigenvalue weighted by Gasteiger charge is -2.14. The summed E-state index contributed by atoms with van der Waals surface area (Å²) in [4.78, 5) is 28.9. The van der Waals surface area contributed by atoms with Crippen molar-refractivity contribution in [3.05, 3.63) is 89.3 Å². The third-order valence-electron chi connectivity index (χ3n) is 5.19. The van der Waals surface area contributed by atoms with Crippen LogP contribution in [0.15, 0.2) is 70.6 Å². The van der Waals surface area contributed by atoms with E-state index in [2.05, 4.69) is 10.1 Å². The normalized spacial score (nSPS) is 12.7. The Morgan fingerprint density at radius 3 is 2.43 bits per heavy atom. The molecule has 0 radical (unpaired) electrons. The van der Waals surface area contributed by atoms with Gasteiger partial charge in [-0.15, -0.1) is 0 Å². The molecule has 0 bridgehead atoms. The van der Waals surface area contributed by atoms with Crippen LogP contribution in [0.25, 0.3) is 22.3 Å². The topological polar surface area (TPSA) is 93.8 Å². The van der Waals surface area contributed by atoms with E-state index in [1.165, 1.54) is 25.3 Å². The minimum atomic E-state index is -4.57. The van der Waals surface area contributed by atoms with Crippen molar-refractivity contribution in [1.82, 2.24) is 9.66 Å². The van der Waals surface area contributed by atoms with Crippen LogP contribution in [0.3, 0.4) is 0 Å². The van der Waals surface area contributed by atoms with Crippen molar-refractivity contribution >= 4 is 68.3 Å². The Kier molecular flexibility index (Phi) is 7.87. The van der Waals surface area contributed by atoms with Gasteiger partial charge in [0.1, 0.15) is 5.75 Å². The van der Waals surface area contributed by atoms with Crippen LogP contribution in [0.2, 0.25) is 0 Å². The van der Waals surface area contributed by atoms with Crippen LogP contribution in [-0.2, 0) is 11.0 Å². The van der Waals surface area contributed by atoms with Crippen LogP contribution in [0, 0.1) is 7.14 Å². The lowest BCUT2D eigenvalue weighted by Crippen LogP contribution is -2.23. The van der Waals surface area contributed by atoms with Crippen molar-refractivity contribution < 1.29 is 27.8 Å². The number of alkyl halides is 3. The van der Waals surface area contributed by atoms with E-state index in [-0.39, 0.29) is 16.8 Å². The fourth-order valence-corrected chi connectivity index (χ4v) is 5.44.